The van der Waals surface area contributed by atoms with E-state index >= 15 is 0 Å². The van der Waals surface area contributed by atoms with Crippen molar-refractivity contribution >= 4 is 33.2 Å². The first-order chi connectivity index (χ1) is 10.1. The maximum Gasteiger partial charge on any atom is 0.0945 e. The van der Waals surface area contributed by atoms with Crippen molar-refractivity contribution in [3.8, 4) is 0 Å². The second kappa shape index (κ2) is 8.39. The molecule has 0 saturated carbocycles. The number of aliphatic hydroxyl groups is 1. The summed E-state index contributed by atoms with van der Waals surface area (Å²) in [6.45, 7) is 1.08. The van der Waals surface area contributed by atoms with Crippen molar-refractivity contribution < 1.29 is 9.84 Å². The maximum atomic E-state index is 9.89. The van der Waals surface area contributed by atoms with Gasteiger partial charge < -0.3 is 15.2 Å². The van der Waals surface area contributed by atoms with Crippen LogP contribution in [0.3, 0.4) is 0 Å². The zero-order valence-corrected chi connectivity index (χ0v) is 13.8. The SMILES string of the molecule is OC(CNc1cccc(Br)c1)COCc1ccccc1Cl. The van der Waals surface area contributed by atoms with Crippen LogP contribution in [0.2, 0.25) is 5.02 Å². The van der Waals surface area contributed by atoms with Gasteiger partial charge in [-0.3, -0.25) is 0 Å². The van der Waals surface area contributed by atoms with Gasteiger partial charge in [-0.25, -0.2) is 0 Å². The second-order valence-corrected chi connectivity index (χ2v) is 5.97. The number of nitrogens with one attached hydrogen (secondary N) is 1. The Morgan fingerprint density at radius 1 is 1.19 bits per heavy atom. The molecule has 0 bridgehead atoms. The molecule has 5 heteroatoms. The second-order valence-electron chi connectivity index (χ2n) is 4.65. The van der Waals surface area contributed by atoms with Crippen LogP contribution in [-0.2, 0) is 11.3 Å². The van der Waals surface area contributed by atoms with Crippen molar-refractivity contribution in [3.63, 3.8) is 0 Å². The van der Waals surface area contributed by atoms with E-state index in [0.717, 1.165) is 15.7 Å². The van der Waals surface area contributed by atoms with Crippen LogP contribution in [0.1, 0.15) is 5.56 Å². The summed E-state index contributed by atoms with van der Waals surface area (Å²) in [6.07, 6.45) is -0.577. The lowest BCUT2D eigenvalue weighted by molar-refractivity contribution is 0.0348. The molecule has 0 aromatic heterocycles. The van der Waals surface area contributed by atoms with Gasteiger partial charge in [0, 0.05) is 21.7 Å². The number of anilines is 1. The molecule has 2 rings (SSSR count). The van der Waals surface area contributed by atoms with Gasteiger partial charge in [0.2, 0.25) is 0 Å². The molecule has 0 radical (unpaired) electrons. The van der Waals surface area contributed by atoms with Crippen molar-refractivity contribution in [3.05, 3.63) is 63.6 Å². The van der Waals surface area contributed by atoms with Crippen molar-refractivity contribution in [2.45, 2.75) is 12.7 Å². The van der Waals surface area contributed by atoms with Crippen molar-refractivity contribution in [1.29, 1.82) is 0 Å². The van der Waals surface area contributed by atoms with E-state index in [1.54, 1.807) is 0 Å². The molecule has 1 atom stereocenters. The van der Waals surface area contributed by atoms with E-state index in [9.17, 15) is 5.11 Å². The Bertz CT molecular complexity index is 580. The molecule has 1 unspecified atom stereocenters. The predicted molar refractivity (Wildman–Crippen MR) is 89.7 cm³/mol. The minimum absolute atomic E-state index is 0.256. The summed E-state index contributed by atoms with van der Waals surface area (Å²) in [6, 6.07) is 15.3. The molecule has 0 heterocycles. The van der Waals surface area contributed by atoms with Gasteiger partial charge in [-0.05, 0) is 29.8 Å². The number of ether oxygens (including phenoxy) is 1. The van der Waals surface area contributed by atoms with Gasteiger partial charge in [0.1, 0.15) is 0 Å². The van der Waals surface area contributed by atoms with Gasteiger partial charge in [0.15, 0.2) is 0 Å². The third-order valence-electron chi connectivity index (χ3n) is 2.89. The van der Waals surface area contributed by atoms with Crippen molar-refractivity contribution in [2.24, 2.45) is 0 Å². The number of benzene rings is 2. The van der Waals surface area contributed by atoms with Gasteiger partial charge in [-0.15, -0.1) is 0 Å². The summed E-state index contributed by atoms with van der Waals surface area (Å²) in [4.78, 5) is 0. The third-order valence-corrected chi connectivity index (χ3v) is 3.75. The number of halogens is 2. The van der Waals surface area contributed by atoms with E-state index in [1.165, 1.54) is 0 Å². The highest BCUT2D eigenvalue weighted by atomic mass is 79.9. The smallest absolute Gasteiger partial charge is 0.0945 e. The van der Waals surface area contributed by atoms with Crippen LogP contribution < -0.4 is 5.32 Å². The molecule has 0 spiro atoms. The van der Waals surface area contributed by atoms with Gasteiger partial charge in [-0.2, -0.15) is 0 Å². The van der Waals surface area contributed by atoms with Crippen molar-refractivity contribution in [2.75, 3.05) is 18.5 Å². The maximum absolute atomic E-state index is 9.89. The van der Waals surface area contributed by atoms with E-state index < -0.39 is 6.10 Å². The standard InChI is InChI=1S/C16H17BrClNO2/c17-13-5-3-6-14(8-13)19-9-15(20)11-21-10-12-4-1-2-7-16(12)18/h1-8,15,19-20H,9-11H2. The van der Waals surface area contributed by atoms with Crippen LogP contribution in [0, 0.1) is 0 Å². The number of hydrogen-bond donors (Lipinski definition) is 2. The molecule has 0 aliphatic rings. The number of aliphatic hydroxyl groups excluding tert-OH is 1. The Morgan fingerprint density at radius 3 is 2.76 bits per heavy atom. The largest absolute Gasteiger partial charge is 0.389 e. The first kappa shape index (κ1) is 16.3. The number of hydrogen-bond acceptors (Lipinski definition) is 3. The monoisotopic (exact) mass is 369 g/mol. The Balaban J connectivity index is 1.70. The van der Waals surface area contributed by atoms with Crippen LogP contribution in [-0.4, -0.2) is 24.4 Å². The lowest BCUT2D eigenvalue weighted by Crippen LogP contribution is -2.24. The quantitative estimate of drug-likeness (QED) is 0.771. The van der Waals surface area contributed by atoms with Gasteiger partial charge >= 0.3 is 0 Å². The molecule has 0 fully saturated rings. The lowest BCUT2D eigenvalue weighted by atomic mass is 10.2. The lowest BCUT2D eigenvalue weighted by Gasteiger charge is -2.14. The highest BCUT2D eigenvalue weighted by Crippen LogP contribution is 2.16. The summed E-state index contributed by atoms with van der Waals surface area (Å²) in [5.74, 6) is 0. The van der Waals surface area contributed by atoms with Crippen LogP contribution >= 0.6 is 27.5 Å². The van der Waals surface area contributed by atoms with Crippen molar-refractivity contribution in [1.82, 2.24) is 0 Å². The Kier molecular flexibility index (Phi) is 6.51. The van der Waals surface area contributed by atoms with Gasteiger partial charge in [-0.1, -0.05) is 51.8 Å². The molecule has 3 nitrogen and oxygen atoms in total. The Hall–Kier alpha value is -1.07. The minimum atomic E-state index is -0.577. The molecule has 0 aliphatic heterocycles. The van der Waals surface area contributed by atoms with E-state index in [0.29, 0.717) is 18.2 Å². The van der Waals surface area contributed by atoms with E-state index in [1.807, 2.05) is 48.5 Å². The molecular formula is C16H17BrClNO2. The highest BCUT2D eigenvalue weighted by molar-refractivity contribution is 9.10. The number of rotatable bonds is 7. The summed E-state index contributed by atoms with van der Waals surface area (Å²) in [5.41, 5.74) is 1.88. The summed E-state index contributed by atoms with van der Waals surface area (Å²) in [5, 5.41) is 13.7. The summed E-state index contributed by atoms with van der Waals surface area (Å²) < 4.78 is 6.49. The third kappa shape index (κ3) is 5.67. The van der Waals surface area contributed by atoms with Crippen LogP contribution in [0.5, 0.6) is 0 Å². The normalized spacial score (nSPS) is 12.1. The molecule has 0 saturated heterocycles. The molecule has 0 amide bonds. The summed E-state index contributed by atoms with van der Waals surface area (Å²) >= 11 is 9.44. The molecule has 21 heavy (non-hydrogen) atoms. The average molecular weight is 371 g/mol. The highest BCUT2D eigenvalue weighted by Gasteiger charge is 2.06. The van der Waals surface area contributed by atoms with E-state index in [2.05, 4.69) is 21.2 Å². The topological polar surface area (TPSA) is 41.5 Å². The molecule has 0 aliphatic carbocycles. The van der Waals surface area contributed by atoms with Gasteiger partial charge in [0.25, 0.3) is 0 Å². The molecule has 2 N–H and O–H groups in total. The van der Waals surface area contributed by atoms with Crippen LogP contribution in [0.25, 0.3) is 0 Å². The molecule has 2 aromatic carbocycles. The fourth-order valence-corrected chi connectivity index (χ4v) is 2.40. The predicted octanol–water partition coefficient (Wildman–Crippen LogP) is 4.09. The first-order valence-electron chi connectivity index (χ1n) is 6.64. The summed E-state index contributed by atoms with van der Waals surface area (Å²) in [7, 11) is 0. The average Bonchev–Trinajstić information content (AvgIpc) is 2.47. The van der Waals surface area contributed by atoms with Crippen LogP contribution in [0.15, 0.2) is 53.0 Å². The van der Waals surface area contributed by atoms with Crippen LogP contribution in [0.4, 0.5) is 5.69 Å². The molecular weight excluding hydrogens is 354 g/mol. The Labute approximate surface area is 138 Å². The zero-order valence-electron chi connectivity index (χ0n) is 11.4. The fraction of sp³-hybridized carbons (Fsp3) is 0.250. The van der Waals surface area contributed by atoms with Gasteiger partial charge in [0.05, 0.1) is 19.3 Å². The fourth-order valence-electron chi connectivity index (χ4n) is 1.81. The minimum Gasteiger partial charge on any atom is -0.389 e. The molecule has 112 valence electrons. The zero-order chi connectivity index (χ0) is 15.1. The van der Waals surface area contributed by atoms with E-state index in [4.69, 9.17) is 16.3 Å². The Morgan fingerprint density at radius 2 is 2.00 bits per heavy atom. The first-order valence-corrected chi connectivity index (χ1v) is 7.81. The van der Waals surface area contributed by atoms with E-state index in [-0.39, 0.29) is 6.61 Å². The molecule has 2 aromatic rings.